The van der Waals surface area contributed by atoms with Crippen LogP contribution in [0.25, 0.3) is 0 Å². The molecule has 0 fully saturated rings. The van der Waals surface area contributed by atoms with E-state index >= 15 is 0 Å². The summed E-state index contributed by atoms with van der Waals surface area (Å²) in [5.74, 6) is 0. The molecule has 0 saturated carbocycles. The Hall–Kier alpha value is 1.99. The van der Waals surface area contributed by atoms with Gasteiger partial charge in [-0.15, -0.1) is 0 Å². The predicted octanol–water partition coefficient (Wildman–Crippen LogP) is -2.53. The fraction of sp³-hybridized carbons (Fsp3) is 0. The Morgan fingerprint density at radius 1 is 1.40 bits per heavy atom. The first kappa shape index (κ1) is 10.1. The van der Waals surface area contributed by atoms with E-state index in [9.17, 15) is 0 Å². The van der Waals surface area contributed by atoms with Gasteiger partial charge in [-0.3, -0.25) is 0 Å². The second-order valence-electron chi connectivity index (χ2n) is 0.231. The van der Waals surface area contributed by atoms with E-state index in [-0.39, 0.29) is 45.5 Å². The van der Waals surface area contributed by atoms with Crippen LogP contribution in [0.1, 0.15) is 0 Å². The minimum atomic E-state index is -3.61. The molecule has 5 heavy (non-hydrogen) atoms. The molecule has 0 rings (SSSR count). The molecule has 0 saturated heterocycles. The summed E-state index contributed by atoms with van der Waals surface area (Å²) in [6.07, 6.45) is 0. The fourth-order valence-corrected chi connectivity index (χ4v) is 0. The van der Waals surface area contributed by atoms with Crippen LogP contribution in [0.4, 0.5) is 0 Å². The van der Waals surface area contributed by atoms with Gasteiger partial charge in [0.2, 0.25) is 0 Å². The van der Waals surface area contributed by atoms with E-state index in [1.165, 1.54) is 0 Å². The third-order valence-corrected chi connectivity index (χ3v) is 0. The van der Waals surface area contributed by atoms with Crippen LogP contribution in [0.2, 0.25) is 0 Å². The molecule has 0 amide bonds. The van der Waals surface area contributed by atoms with Gasteiger partial charge in [0, 0.05) is 0 Å². The summed E-state index contributed by atoms with van der Waals surface area (Å²) >= 11 is -3.61. The quantitative estimate of drug-likeness (QED) is 0.476. The summed E-state index contributed by atoms with van der Waals surface area (Å²) in [5, 5.41) is 0. The molecule has 0 aliphatic carbocycles. The molecule has 0 aliphatic rings. The molecule has 0 radical (unpaired) electrons. The van der Waals surface area contributed by atoms with Gasteiger partial charge in [-0.2, -0.15) is 0 Å². The van der Waals surface area contributed by atoms with Crippen LogP contribution < -0.4 is 0 Å². The van der Waals surface area contributed by atoms with Crippen molar-refractivity contribution in [2.24, 2.45) is 0 Å². The van der Waals surface area contributed by atoms with Crippen LogP contribution in [0.5, 0.6) is 0 Å². The Morgan fingerprint density at radius 3 is 1.40 bits per heavy atom. The SMILES string of the molecule is O=[Te](O)O.[SrH2]. The zero-order chi connectivity index (χ0) is 3.58. The van der Waals surface area contributed by atoms with Gasteiger partial charge in [0.25, 0.3) is 0 Å². The van der Waals surface area contributed by atoms with Gasteiger partial charge < -0.3 is 0 Å². The molecule has 0 atom stereocenters. The van der Waals surface area contributed by atoms with Crippen LogP contribution in [0.15, 0.2) is 0 Å². The standard InChI is InChI=1S/H2O3Te.Sr.2H/c1-4(2)3;;;/h(H2,1,2,3);;;. The summed E-state index contributed by atoms with van der Waals surface area (Å²) in [5.41, 5.74) is 0. The van der Waals surface area contributed by atoms with Gasteiger partial charge in [-0.1, -0.05) is 0 Å². The van der Waals surface area contributed by atoms with E-state index in [1.807, 2.05) is 0 Å². The van der Waals surface area contributed by atoms with E-state index in [2.05, 4.69) is 0 Å². The van der Waals surface area contributed by atoms with Crippen LogP contribution in [0.3, 0.4) is 0 Å². The summed E-state index contributed by atoms with van der Waals surface area (Å²) in [6, 6.07) is 0. The second-order valence-corrected chi connectivity index (χ2v) is 1.55. The van der Waals surface area contributed by atoms with Crippen molar-refractivity contribution in [2.75, 3.05) is 0 Å². The monoisotopic (exact) mass is 270 g/mol. The molecule has 3 nitrogen and oxygen atoms in total. The number of hydrogen-bond donors (Lipinski definition) is 2. The van der Waals surface area contributed by atoms with Gasteiger partial charge in [0.1, 0.15) is 0 Å². The molecule has 2 N–H and O–H groups in total. The zero-order valence-corrected chi connectivity index (χ0v) is 4.04. The summed E-state index contributed by atoms with van der Waals surface area (Å²) in [7, 11) is 0. The van der Waals surface area contributed by atoms with Crippen LogP contribution in [-0.2, 0) is 3.10 Å². The first-order valence-corrected chi connectivity index (χ1v) is 3.57. The van der Waals surface area contributed by atoms with E-state index in [0.29, 0.717) is 0 Å². The van der Waals surface area contributed by atoms with Crippen LogP contribution >= 0.6 is 0 Å². The predicted molar refractivity (Wildman–Crippen MR) is 19.4 cm³/mol. The average Bonchev–Trinajstić information content (AvgIpc) is 0.811. The van der Waals surface area contributed by atoms with Crippen molar-refractivity contribution in [3.05, 3.63) is 0 Å². The van der Waals surface area contributed by atoms with Crippen molar-refractivity contribution in [3.8, 4) is 0 Å². The third kappa shape index (κ3) is 24.1. The number of rotatable bonds is 0. The van der Waals surface area contributed by atoms with Gasteiger partial charge in [0.05, 0.1) is 0 Å². The summed E-state index contributed by atoms with van der Waals surface area (Å²) in [4.78, 5) is 0. The van der Waals surface area contributed by atoms with Gasteiger partial charge in [-0.05, 0) is 0 Å². The second kappa shape index (κ2) is 5.99. The van der Waals surface area contributed by atoms with Gasteiger partial charge in [0.15, 0.2) is 0 Å². The summed E-state index contributed by atoms with van der Waals surface area (Å²) < 4.78 is 23.3. The van der Waals surface area contributed by atoms with Crippen LogP contribution in [-0.4, -0.2) is 72.8 Å². The molecule has 30 valence electrons. The number of hydrogen-bond acceptors (Lipinski definition) is 1. The molecular formula is H4O3SrTe. The Kier molecular flexibility index (Phi) is 12.1. The van der Waals surface area contributed by atoms with Crippen molar-refractivity contribution in [3.63, 3.8) is 0 Å². The zero-order valence-electron chi connectivity index (χ0n) is 1.71. The molecule has 0 heterocycles. The average molecular weight is 267 g/mol. The Bertz CT molecular complexity index is 29.9. The molecule has 0 aromatic rings. The van der Waals surface area contributed by atoms with E-state index in [4.69, 9.17) is 10.0 Å². The Morgan fingerprint density at radius 2 is 1.40 bits per heavy atom. The molecule has 5 heteroatoms. The van der Waals surface area contributed by atoms with Crippen molar-refractivity contribution >= 4 is 65.8 Å². The van der Waals surface area contributed by atoms with Crippen molar-refractivity contribution in [1.82, 2.24) is 0 Å². The van der Waals surface area contributed by atoms with Crippen LogP contribution in [0, 0.1) is 0 Å². The minimum absolute atomic E-state index is 0. The summed E-state index contributed by atoms with van der Waals surface area (Å²) in [6.45, 7) is 0. The molecule has 0 spiro atoms. The van der Waals surface area contributed by atoms with Crippen molar-refractivity contribution in [2.45, 2.75) is 0 Å². The first-order valence-electron chi connectivity index (χ1n) is 0.532. The molecular weight excluding hydrogens is 263 g/mol. The third-order valence-electron chi connectivity index (χ3n) is 0. The first-order chi connectivity index (χ1) is 1.73. The fourth-order valence-electron chi connectivity index (χ4n) is 0. The van der Waals surface area contributed by atoms with Gasteiger partial charge in [-0.25, -0.2) is 0 Å². The molecule has 0 bridgehead atoms. The molecule has 0 aliphatic heterocycles. The van der Waals surface area contributed by atoms with Gasteiger partial charge >= 0.3 is 75.9 Å². The van der Waals surface area contributed by atoms with E-state index in [1.54, 1.807) is 0 Å². The maximum absolute atomic E-state index is 8.81. The van der Waals surface area contributed by atoms with Crippen molar-refractivity contribution < 1.29 is 10.0 Å². The molecule has 0 aromatic heterocycles. The normalized spacial score (nSPS) is 7.00. The van der Waals surface area contributed by atoms with E-state index in [0.717, 1.165) is 0 Å². The van der Waals surface area contributed by atoms with E-state index < -0.39 is 20.4 Å². The maximum atomic E-state index is 8.81. The molecule has 0 aromatic carbocycles. The Balaban J connectivity index is 0. The molecule has 0 unspecified atom stereocenters. The topological polar surface area (TPSA) is 57.5 Å². The van der Waals surface area contributed by atoms with Crippen molar-refractivity contribution in [1.29, 1.82) is 0 Å². The Labute approximate surface area is 74.4 Å².